The normalized spacial score (nSPS) is 22.3. The van der Waals surface area contributed by atoms with Crippen molar-refractivity contribution >= 4 is 17.3 Å². The van der Waals surface area contributed by atoms with Gasteiger partial charge in [-0.05, 0) is 48.7 Å². The number of carbonyl (C=O) groups is 1. The van der Waals surface area contributed by atoms with E-state index in [1.165, 1.54) is 5.69 Å². The molecule has 2 atom stereocenters. The fourth-order valence-corrected chi connectivity index (χ4v) is 5.02. The maximum absolute atomic E-state index is 13.4. The fourth-order valence-electron chi connectivity index (χ4n) is 5.02. The van der Waals surface area contributed by atoms with Crippen LogP contribution in [0.4, 0.5) is 5.69 Å². The molecule has 2 unspecified atom stereocenters. The van der Waals surface area contributed by atoms with E-state index in [4.69, 9.17) is 19.3 Å². The van der Waals surface area contributed by atoms with Gasteiger partial charge in [-0.25, -0.2) is 5.01 Å². The number of carbonyl (C=O) groups excluding carboxylic acids is 1. The second-order valence-electron chi connectivity index (χ2n) is 8.87. The standard InChI is InChI=1S/C27H31N3O4/c1-32-24-12-9-20(17-25(24)33-2)26-22-5-3-4-6-23(22)27(31)30(28-26)18-19-7-10-21(11-8-19)29-13-15-34-16-14-29/h3-4,7-12,17,22-23H,5-6,13-16,18H2,1-2H3. The van der Waals surface area contributed by atoms with Crippen molar-refractivity contribution in [3.05, 3.63) is 65.7 Å². The van der Waals surface area contributed by atoms with Crippen LogP contribution < -0.4 is 14.4 Å². The van der Waals surface area contributed by atoms with Crippen molar-refractivity contribution in [1.82, 2.24) is 5.01 Å². The van der Waals surface area contributed by atoms with Crippen LogP contribution in [0, 0.1) is 11.8 Å². The van der Waals surface area contributed by atoms with Crippen molar-refractivity contribution in [3.8, 4) is 11.5 Å². The summed E-state index contributed by atoms with van der Waals surface area (Å²) in [6, 6.07) is 14.3. The number of fused-ring (bicyclic) bond motifs is 1. The number of amides is 1. The number of allylic oxidation sites excluding steroid dienone is 2. The molecule has 1 amide bonds. The van der Waals surface area contributed by atoms with Crippen LogP contribution in [0.2, 0.25) is 0 Å². The molecule has 7 nitrogen and oxygen atoms in total. The summed E-state index contributed by atoms with van der Waals surface area (Å²) in [4.78, 5) is 15.7. The Morgan fingerprint density at radius 3 is 2.35 bits per heavy atom. The summed E-state index contributed by atoms with van der Waals surface area (Å²) >= 11 is 0. The van der Waals surface area contributed by atoms with Gasteiger partial charge in [0.25, 0.3) is 0 Å². The highest BCUT2D eigenvalue weighted by molar-refractivity contribution is 6.07. The Labute approximate surface area is 200 Å². The van der Waals surface area contributed by atoms with Gasteiger partial charge in [-0.3, -0.25) is 4.79 Å². The van der Waals surface area contributed by atoms with Crippen LogP contribution in [0.15, 0.2) is 59.7 Å². The number of anilines is 1. The zero-order valence-electron chi connectivity index (χ0n) is 19.8. The molecule has 7 heteroatoms. The van der Waals surface area contributed by atoms with Gasteiger partial charge in [0.15, 0.2) is 11.5 Å². The number of ether oxygens (including phenoxy) is 3. The number of hydrogen-bond acceptors (Lipinski definition) is 6. The fraction of sp³-hybridized carbons (Fsp3) is 0.407. The van der Waals surface area contributed by atoms with E-state index in [1.54, 1.807) is 19.2 Å². The van der Waals surface area contributed by atoms with Gasteiger partial charge in [0, 0.05) is 30.3 Å². The second kappa shape index (κ2) is 9.89. The highest BCUT2D eigenvalue weighted by Crippen LogP contribution is 2.37. The molecule has 1 saturated heterocycles. The predicted molar refractivity (Wildman–Crippen MR) is 131 cm³/mol. The van der Waals surface area contributed by atoms with Crippen molar-refractivity contribution in [3.63, 3.8) is 0 Å². The Kier molecular flexibility index (Phi) is 6.54. The minimum Gasteiger partial charge on any atom is -0.493 e. The van der Waals surface area contributed by atoms with Crippen molar-refractivity contribution in [2.45, 2.75) is 19.4 Å². The summed E-state index contributed by atoms with van der Waals surface area (Å²) in [5, 5.41) is 6.55. The van der Waals surface area contributed by atoms with Gasteiger partial charge in [-0.1, -0.05) is 24.3 Å². The largest absolute Gasteiger partial charge is 0.493 e. The maximum atomic E-state index is 13.4. The van der Waals surface area contributed by atoms with Crippen molar-refractivity contribution in [1.29, 1.82) is 0 Å². The van der Waals surface area contributed by atoms with E-state index in [9.17, 15) is 4.79 Å². The van der Waals surface area contributed by atoms with Gasteiger partial charge in [0.2, 0.25) is 5.91 Å². The number of rotatable bonds is 6. The van der Waals surface area contributed by atoms with E-state index in [2.05, 4.69) is 41.3 Å². The first-order valence-electron chi connectivity index (χ1n) is 11.9. The lowest BCUT2D eigenvalue weighted by molar-refractivity contribution is -0.138. The van der Waals surface area contributed by atoms with E-state index in [1.807, 2.05) is 18.2 Å². The molecular formula is C27H31N3O4. The van der Waals surface area contributed by atoms with Gasteiger partial charge in [0.05, 0.1) is 45.6 Å². The zero-order chi connectivity index (χ0) is 23.5. The van der Waals surface area contributed by atoms with Crippen LogP contribution in [-0.4, -0.2) is 57.2 Å². The molecule has 2 aromatic rings. The Balaban J connectivity index is 1.43. The summed E-state index contributed by atoms with van der Waals surface area (Å²) in [7, 11) is 3.26. The molecule has 2 aliphatic heterocycles. The number of methoxy groups -OCH3 is 2. The maximum Gasteiger partial charge on any atom is 0.247 e. The average Bonchev–Trinajstić information content (AvgIpc) is 2.91. The van der Waals surface area contributed by atoms with Crippen molar-refractivity contribution in [2.24, 2.45) is 16.9 Å². The minimum absolute atomic E-state index is 0.0653. The predicted octanol–water partition coefficient (Wildman–Crippen LogP) is 3.87. The molecule has 178 valence electrons. The third kappa shape index (κ3) is 4.40. The first kappa shape index (κ1) is 22.5. The van der Waals surface area contributed by atoms with E-state index >= 15 is 0 Å². The van der Waals surface area contributed by atoms with Gasteiger partial charge in [-0.2, -0.15) is 5.10 Å². The van der Waals surface area contributed by atoms with Crippen molar-refractivity contribution < 1.29 is 19.0 Å². The van der Waals surface area contributed by atoms with E-state index < -0.39 is 0 Å². The van der Waals surface area contributed by atoms with Crippen LogP contribution in [-0.2, 0) is 16.1 Å². The van der Waals surface area contributed by atoms with E-state index in [-0.39, 0.29) is 17.7 Å². The van der Waals surface area contributed by atoms with E-state index in [0.29, 0.717) is 18.0 Å². The SMILES string of the molecule is COc1ccc(C2=NN(Cc3ccc(N4CCOCC4)cc3)C(=O)C3CC=CCC23)cc1OC. The van der Waals surface area contributed by atoms with Crippen LogP contribution in [0.25, 0.3) is 0 Å². The molecule has 2 heterocycles. The molecule has 5 rings (SSSR count). The van der Waals surface area contributed by atoms with Gasteiger partial charge in [-0.15, -0.1) is 0 Å². The van der Waals surface area contributed by atoms with Gasteiger partial charge in [0.1, 0.15) is 0 Å². The summed E-state index contributed by atoms with van der Waals surface area (Å²) in [6.07, 6.45) is 5.82. The van der Waals surface area contributed by atoms with Crippen LogP contribution in [0.3, 0.4) is 0 Å². The van der Waals surface area contributed by atoms with Crippen LogP contribution in [0.1, 0.15) is 24.0 Å². The molecule has 1 fully saturated rings. The number of hydrazone groups is 1. The van der Waals surface area contributed by atoms with Gasteiger partial charge >= 0.3 is 0 Å². The molecular weight excluding hydrogens is 430 g/mol. The monoisotopic (exact) mass is 461 g/mol. The lowest BCUT2D eigenvalue weighted by Crippen LogP contribution is -2.45. The van der Waals surface area contributed by atoms with Crippen molar-refractivity contribution in [2.75, 3.05) is 45.4 Å². The first-order chi connectivity index (χ1) is 16.7. The molecule has 0 N–H and O–H groups in total. The van der Waals surface area contributed by atoms with Crippen LogP contribution >= 0.6 is 0 Å². The Morgan fingerprint density at radius 2 is 1.65 bits per heavy atom. The summed E-state index contributed by atoms with van der Waals surface area (Å²) in [6.45, 7) is 3.77. The molecule has 0 aromatic heterocycles. The molecule has 2 aromatic carbocycles. The molecule has 3 aliphatic rings. The Hall–Kier alpha value is -3.32. The number of hydrogen-bond donors (Lipinski definition) is 0. The van der Waals surface area contributed by atoms with E-state index in [0.717, 1.165) is 56.0 Å². The lowest BCUT2D eigenvalue weighted by Gasteiger charge is -2.37. The summed E-state index contributed by atoms with van der Waals surface area (Å²) in [5.41, 5.74) is 4.14. The minimum atomic E-state index is -0.0989. The average molecular weight is 462 g/mol. The molecule has 34 heavy (non-hydrogen) atoms. The molecule has 0 radical (unpaired) electrons. The summed E-state index contributed by atoms with van der Waals surface area (Å²) < 4.78 is 16.4. The topological polar surface area (TPSA) is 63.6 Å². The van der Waals surface area contributed by atoms with Crippen LogP contribution in [0.5, 0.6) is 11.5 Å². The third-order valence-electron chi connectivity index (χ3n) is 6.91. The summed E-state index contributed by atoms with van der Waals surface area (Å²) in [5.74, 6) is 1.40. The first-order valence-corrected chi connectivity index (χ1v) is 11.9. The number of nitrogens with zero attached hydrogens (tertiary/aromatic N) is 3. The molecule has 0 saturated carbocycles. The highest BCUT2D eigenvalue weighted by atomic mass is 16.5. The number of morpholine rings is 1. The lowest BCUT2D eigenvalue weighted by atomic mass is 9.76. The molecule has 0 spiro atoms. The third-order valence-corrected chi connectivity index (χ3v) is 6.91. The second-order valence-corrected chi connectivity index (χ2v) is 8.87. The number of benzene rings is 2. The molecule has 0 bridgehead atoms. The highest BCUT2D eigenvalue weighted by Gasteiger charge is 2.40. The zero-order valence-corrected chi connectivity index (χ0v) is 19.8. The molecule has 1 aliphatic carbocycles. The Bertz CT molecular complexity index is 1090. The smallest absolute Gasteiger partial charge is 0.247 e. The Morgan fingerprint density at radius 1 is 0.941 bits per heavy atom. The van der Waals surface area contributed by atoms with Gasteiger partial charge < -0.3 is 19.1 Å². The quantitative estimate of drug-likeness (QED) is 0.611.